The Balaban J connectivity index is 1.31. The normalized spacial score (nSPS) is 20.9. The molecule has 1 aliphatic rings. The lowest BCUT2D eigenvalue weighted by molar-refractivity contribution is -0.135. The van der Waals surface area contributed by atoms with Crippen LogP contribution in [0, 0.1) is 0 Å². The van der Waals surface area contributed by atoms with Gasteiger partial charge in [-0.25, -0.2) is 0 Å². The van der Waals surface area contributed by atoms with Gasteiger partial charge in [0.25, 0.3) is 0 Å². The first-order valence-electron chi connectivity index (χ1n) is 22.0. The van der Waals surface area contributed by atoms with E-state index in [0.29, 0.717) is 29.5 Å². The molecule has 3 heterocycles. The van der Waals surface area contributed by atoms with Crippen molar-refractivity contribution in [2.45, 2.75) is 82.1 Å². The molecule has 5 aromatic rings. The van der Waals surface area contributed by atoms with E-state index in [1.807, 2.05) is 42.5 Å². The third kappa shape index (κ3) is 14.0. The molecule has 3 aromatic carbocycles. The number of carbonyl (C=O) groups is 9. The molecule has 2 aromatic heterocycles. The van der Waals surface area contributed by atoms with Gasteiger partial charge in [0.15, 0.2) is 0 Å². The van der Waals surface area contributed by atoms with E-state index in [2.05, 4.69) is 52.5 Å². The van der Waals surface area contributed by atoms with Crippen molar-refractivity contribution < 1.29 is 43.2 Å². The Morgan fingerprint density at radius 3 is 1.82 bits per heavy atom. The van der Waals surface area contributed by atoms with Crippen molar-refractivity contribution in [2.75, 3.05) is 19.6 Å². The molecule has 1 aliphatic heterocycles. The van der Waals surface area contributed by atoms with Crippen LogP contribution in [0.4, 0.5) is 0 Å². The Morgan fingerprint density at radius 2 is 1.19 bits per heavy atom. The number of fused-ring (bicyclic) bond motifs is 2. The van der Waals surface area contributed by atoms with Gasteiger partial charge < -0.3 is 58.2 Å². The molecule has 5 atom stereocenters. The van der Waals surface area contributed by atoms with Crippen LogP contribution in [0.25, 0.3) is 21.8 Å². The molecule has 3 unspecified atom stereocenters. The van der Waals surface area contributed by atoms with Crippen molar-refractivity contribution in [2.24, 2.45) is 5.73 Å². The highest BCUT2D eigenvalue weighted by Gasteiger charge is 2.33. The van der Waals surface area contributed by atoms with E-state index in [0.717, 1.165) is 21.8 Å². The van der Waals surface area contributed by atoms with E-state index in [9.17, 15) is 43.2 Å². The molecule has 20 heteroatoms. The van der Waals surface area contributed by atoms with E-state index in [4.69, 9.17) is 5.73 Å². The minimum absolute atomic E-state index is 0.00202. The van der Waals surface area contributed by atoms with Gasteiger partial charge in [0, 0.05) is 66.9 Å². The van der Waals surface area contributed by atoms with Gasteiger partial charge in [-0.2, -0.15) is 0 Å². The third-order valence-electron chi connectivity index (χ3n) is 11.3. The second-order valence-electron chi connectivity index (χ2n) is 16.3. The first-order valence-corrected chi connectivity index (χ1v) is 22.0. The van der Waals surface area contributed by atoms with Gasteiger partial charge in [0.2, 0.25) is 53.2 Å². The predicted molar refractivity (Wildman–Crippen MR) is 246 cm³/mol. The number of hydrogen-bond donors (Lipinski definition) is 11. The Morgan fingerprint density at radius 1 is 0.627 bits per heavy atom. The zero-order valence-corrected chi connectivity index (χ0v) is 36.9. The lowest BCUT2D eigenvalue weighted by Crippen LogP contribution is -2.59. The number of rotatable bonds is 10. The summed E-state index contributed by atoms with van der Waals surface area (Å²) in [6.45, 7) is 0.152. The maximum Gasteiger partial charge on any atom is 0.243 e. The number of hydrogen-bond acceptors (Lipinski definition) is 9. The molecule has 0 saturated carbocycles. The summed E-state index contributed by atoms with van der Waals surface area (Å²) in [5.41, 5.74) is 9.23. The van der Waals surface area contributed by atoms with Crippen LogP contribution in [0.15, 0.2) is 91.3 Å². The number of aromatic amines is 2. The molecule has 352 valence electrons. The zero-order chi connectivity index (χ0) is 47.9. The van der Waals surface area contributed by atoms with Gasteiger partial charge in [-0.15, -0.1) is 0 Å². The van der Waals surface area contributed by atoms with Gasteiger partial charge in [-0.3, -0.25) is 43.2 Å². The van der Waals surface area contributed by atoms with E-state index < -0.39 is 103 Å². The summed E-state index contributed by atoms with van der Waals surface area (Å²) in [5.74, 6) is -6.71. The highest BCUT2D eigenvalue weighted by atomic mass is 16.2. The predicted octanol–water partition coefficient (Wildman–Crippen LogP) is -0.471. The molecule has 0 bridgehead atoms. The van der Waals surface area contributed by atoms with Gasteiger partial charge in [-0.05, 0) is 48.1 Å². The largest absolute Gasteiger partial charge is 0.368 e. The van der Waals surface area contributed by atoms with Gasteiger partial charge in [-0.1, -0.05) is 66.7 Å². The van der Waals surface area contributed by atoms with Crippen molar-refractivity contribution in [1.29, 1.82) is 0 Å². The third-order valence-corrected chi connectivity index (χ3v) is 11.3. The molecule has 0 spiro atoms. The Bertz CT molecular complexity index is 2610. The van der Waals surface area contributed by atoms with Crippen LogP contribution >= 0.6 is 0 Å². The molecular weight excluding hydrogens is 863 g/mol. The number of H-pyrrole nitrogens is 2. The van der Waals surface area contributed by atoms with Gasteiger partial charge >= 0.3 is 0 Å². The Kier molecular flexibility index (Phi) is 16.8. The van der Waals surface area contributed by atoms with E-state index in [1.165, 1.54) is 6.92 Å². The summed E-state index contributed by atoms with van der Waals surface area (Å²) < 4.78 is 0. The van der Waals surface area contributed by atoms with Crippen LogP contribution in [0.5, 0.6) is 0 Å². The number of aromatic nitrogens is 2. The van der Waals surface area contributed by atoms with Crippen LogP contribution in [0.2, 0.25) is 0 Å². The molecule has 6 rings (SSSR count). The highest BCUT2D eigenvalue weighted by Crippen LogP contribution is 2.21. The van der Waals surface area contributed by atoms with E-state index in [1.54, 1.807) is 48.8 Å². The molecular formula is C47H55N11O9. The molecule has 9 amide bonds. The summed E-state index contributed by atoms with van der Waals surface area (Å²) in [7, 11) is 0. The minimum atomic E-state index is -1.53. The van der Waals surface area contributed by atoms with Crippen molar-refractivity contribution in [3.05, 3.63) is 108 Å². The smallest absolute Gasteiger partial charge is 0.243 e. The molecule has 12 N–H and O–H groups in total. The van der Waals surface area contributed by atoms with Crippen molar-refractivity contribution in [3.63, 3.8) is 0 Å². The highest BCUT2D eigenvalue weighted by molar-refractivity contribution is 5.98. The average Bonchev–Trinajstić information content (AvgIpc) is 3.92. The molecule has 20 nitrogen and oxygen atoms in total. The van der Waals surface area contributed by atoms with Crippen LogP contribution in [0.1, 0.15) is 49.3 Å². The molecule has 1 saturated heterocycles. The van der Waals surface area contributed by atoms with Crippen LogP contribution in [0.3, 0.4) is 0 Å². The van der Waals surface area contributed by atoms with Crippen molar-refractivity contribution >= 4 is 75.0 Å². The second kappa shape index (κ2) is 23.2. The summed E-state index contributed by atoms with van der Waals surface area (Å²) in [4.78, 5) is 127. The number of amides is 9. The first-order chi connectivity index (χ1) is 32.2. The standard InChI is InChI=1S/C47H55N11O9/c1-27(59)50-25-41(61)55-39-22-40(60)49-18-10-9-17-35(43(48)63)56-45(65)37(20-29-23-51-33-15-7-5-13-31(29)33)54-42(62)26-53-44(64)36(19-28-11-3-2-4-12-28)57-46(66)38(58-47(39)67)21-30-24-52-34-16-8-6-14-32(30)34/h2-8,11-16,23-24,35-39,51-52H,9-10,17-22,25-26H2,1H3,(H2,48,63)(H,49,60)(H,50,59)(H,53,64)(H,54,62)(H,55,61)(H,56,65)(H,57,66)(H,58,67)/t35?,36?,37-,38-,39?/m0/s1. The number of benzene rings is 3. The number of primary amides is 1. The zero-order valence-electron chi connectivity index (χ0n) is 36.9. The van der Waals surface area contributed by atoms with Crippen molar-refractivity contribution in [1.82, 2.24) is 52.5 Å². The molecule has 1 fully saturated rings. The lowest BCUT2D eigenvalue weighted by Gasteiger charge is -2.25. The quantitative estimate of drug-likeness (QED) is 0.0862. The van der Waals surface area contributed by atoms with E-state index >= 15 is 0 Å². The van der Waals surface area contributed by atoms with Crippen molar-refractivity contribution in [3.8, 4) is 0 Å². The van der Waals surface area contributed by atoms with Crippen LogP contribution in [-0.2, 0) is 62.4 Å². The van der Waals surface area contributed by atoms with Crippen LogP contribution < -0.4 is 48.3 Å². The number of para-hydroxylation sites is 2. The maximum atomic E-state index is 14.5. The maximum absolute atomic E-state index is 14.5. The van der Waals surface area contributed by atoms with E-state index in [-0.39, 0.29) is 32.2 Å². The summed E-state index contributed by atoms with van der Waals surface area (Å²) in [6, 6.07) is 16.8. The minimum Gasteiger partial charge on any atom is -0.368 e. The fourth-order valence-corrected chi connectivity index (χ4v) is 7.78. The second-order valence-corrected chi connectivity index (χ2v) is 16.3. The monoisotopic (exact) mass is 917 g/mol. The fourth-order valence-electron chi connectivity index (χ4n) is 7.78. The first kappa shape index (κ1) is 48.4. The molecule has 0 radical (unpaired) electrons. The fraction of sp³-hybridized carbons (Fsp3) is 0.340. The number of nitrogens with two attached hydrogens (primary N) is 1. The Hall–Kier alpha value is -8.03. The lowest BCUT2D eigenvalue weighted by atomic mass is 10.0. The number of nitrogens with one attached hydrogen (secondary N) is 10. The van der Waals surface area contributed by atoms with Gasteiger partial charge in [0.05, 0.1) is 19.5 Å². The number of carbonyl (C=O) groups excluding carboxylic acids is 9. The SMILES string of the molecule is CC(=O)NCC(=O)NC1CC(=O)NCCCCC(C(N)=O)NC(=O)[C@H](Cc2c[nH]c3ccccc23)NC(=O)CNC(=O)C(Cc2ccccc2)NC(=O)[C@H](Cc2c[nH]c3ccccc23)NC1=O. The topological polar surface area (TPSA) is 307 Å². The van der Waals surface area contributed by atoms with Gasteiger partial charge in [0.1, 0.15) is 30.2 Å². The van der Waals surface area contributed by atoms with Crippen LogP contribution in [-0.4, -0.2) is 113 Å². The summed E-state index contributed by atoms with van der Waals surface area (Å²) in [6.07, 6.45) is 3.35. The summed E-state index contributed by atoms with van der Waals surface area (Å²) in [5, 5.41) is 22.4. The molecule has 0 aliphatic carbocycles. The summed E-state index contributed by atoms with van der Waals surface area (Å²) >= 11 is 0. The Labute approximate surface area is 385 Å². The molecule has 67 heavy (non-hydrogen) atoms. The average molecular weight is 918 g/mol.